The van der Waals surface area contributed by atoms with Crippen LogP contribution >= 0.6 is 0 Å². The molecule has 3 nitrogen and oxygen atoms in total. The second kappa shape index (κ2) is 4.17. The van der Waals surface area contributed by atoms with Crippen molar-refractivity contribution < 1.29 is 14.6 Å². The van der Waals surface area contributed by atoms with Crippen molar-refractivity contribution in [2.45, 2.75) is 44.3 Å². The predicted molar refractivity (Wildman–Crippen MR) is 53.1 cm³/mol. The Labute approximate surface area is 85.4 Å². The van der Waals surface area contributed by atoms with Crippen molar-refractivity contribution in [3.05, 3.63) is 0 Å². The molecule has 2 heterocycles. The molecule has 82 valence electrons. The molecule has 2 fully saturated rings. The van der Waals surface area contributed by atoms with Crippen LogP contribution in [0.5, 0.6) is 0 Å². The Morgan fingerprint density at radius 3 is 3.00 bits per heavy atom. The first-order valence-electron chi connectivity index (χ1n) is 5.67. The minimum atomic E-state index is -0.0522. The summed E-state index contributed by atoms with van der Waals surface area (Å²) in [4.78, 5) is 0. The average Bonchev–Trinajstić information content (AvgIpc) is 2.77. The van der Waals surface area contributed by atoms with Crippen molar-refractivity contribution in [1.29, 1.82) is 0 Å². The van der Waals surface area contributed by atoms with Gasteiger partial charge in [-0.1, -0.05) is 13.3 Å². The number of aliphatic hydroxyl groups is 1. The van der Waals surface area contributed by atoms with Crippen LogP contribution in [0.3, 0.4) is 0 Å². The lowest BCUT2D eigenvalue weighted by Gasteiger charge is -2.29. The molecule has 0 aromatic heterocycles. The summed E-state index contributed by atoms with van der Waals surface area (Å²) < 4.78 is 11.5. The van der Waals surface area contributed by atoms with Gasteiger partial charge in [0.05, 0.1) is 31.5 Å². The van der Waals surface area contributed by atoms with Gasteiger partial charge in [0.1, 0.15) is 0 Å². The first-order chi connectivity index (χ1) is 6.80. The zero-order chi connectivity index (χ0) is 10.0. The molecule has 0 radical (unpaired) electrons. The van der Waals surface area contributed by atoms with Gasteiger partial charge in [-0.25, -0.2) is 0 Å². The molecule has 2 aliphatic heterocycles. The lowest BCUT2D eigenvalue weighted by molar-refractivity contribution is -0.0806. The Kier molecular flexibility index (Phi) is 3.10. The van der Waals surface area contributed by atoms with Crippen LogP contribution in [0.4, 0.5) is 0 Å². The maximum atomic E-state index is 9.06. The van der Waals surface area contributed by atoms with Crippen LogP contribution in [0.2, 0.25) is 0 Å². The molecule has 3 heteroatoms. The van der Waals surface area contributed by atoms with Crippen LogP contribution in [-0.2, 0) is 9.47 Å². The number of aliphatic hydroxyl groups excluding tert-OH is 1. The third kappa shape index (κ3) is 1.69. The fraction of sp³-hybridized carbons (Fsp3) is 1.00. The molecular formula is C11H20O3. The molecule has 3 unspecified atom stereocenters. The monoisotopic (exact) mass is 200 g/mol. The molecule has 0 saturated carbocycles. The molecule has 2 rings (SSSR count). The van der Waals surface area contributed by atoms with Crippen LogP contribution in [0.1, 0.15) is 32.6 Å². The Bertz CT molecular complexity index is 195. The van der Waals surface area contributed by atoms with Gasteiger partial charge < -0.3 is 14.6 Å². The zero-order valence-corrected chi connectivity index (χ0v) is 8.87. The summed E-state index contributed by atoms with van der Waals surface area (Å²) in [6.07, 6.45) is 4.46. The second-order valence-electron chi connectivity index (χ2n) is 4.53. The normalized spacial score (nSPS) is 42.4. The number of ether oxygens (including phenoxy) is 2. The highest BCUT2D eigenvalue weighted by atomic mass is 16.6. The van der Waals surface area contributed by atoms with E-state index in [1.54, 1.807) is 0 Å². The van der Waals surface area contributed by atoms with Crippen LogP contribution in [0, 0.1) is 5.92 Å². The van der Waals surface area contributed by atoms with Crippen molar-refractivity contribution in [2.75, 3.05) is 19.8 Å². The van der Waals surface area contributed by atoms with E-state index in [4.69, 9.17) is 14.6 Å². The van der Waals surface area contributed by atoms with Gasteiger partial charge in [-0.2, -0.15) is 0 Å². The fourth-order valence-corrected chi connectivity index (χ4v) is 2.73. The fourth-order valence-electron chi connectivity index (χ4n) is 2.73. The first-order valence-corrected chi connectivity index (χ1v) is 5.67. The van der Waals surface area contributed by atoms with E-state index in [2.05, 4.69) is 6.92 Å². The standard InChI is InChI=1S/C11H20O3/c1-2-3-9-7-13-8-11(9)5-4-10(6-12)14-11/h9-10,12H,2-8H2,1H3. The van der Waals surface area contributed by atoms with E-state index < -0.39 is 0 Å². The molecule has 0 aromatic carbocycles. The van der Waals surface area contributed by atoms with E-state index in [1.165, 1.54) is 12.8 Å². The molecule has 14 heavy (non-hydrogen) atoms. The highest BCUT2D eigenvalue weighted by Gasteiger charge is 2.49. The van der Waals surface area contributed by atoms with Crippen molar-refractivity contribution >= 4 is 0 Å². The number of rotatable bonds is 3. The minimum Gasteiger partial charge on any atom is -0.394 e. The Morgan fingerprint density at radius 1 is 1.50 bits per heavy atom. The van der Waals surface area contributed by atoms with Gasteiger partial charge in [-0.05, 0) is 19.3 Å². The summed E-state index contributed by atoms with van der Waals surface area (Å²) in [6, 6.07) is 0. The molecule has 3 atom stereocenters. The topological polar surface area (TPSA) is 38.7 Å². The summed E-state index contributed by atoms with van der Waals surface area (Å²) in [5.41, 5.74) is -0.0522. The molecule has 2 aliphatic rings. The van der Waals surface area contributed by atoms with Gasteiger partial charge in [-0.3, -0.25) is 0 Å². The highest BCUT2D eigenvalue weighted by Crippen LogP contribution is 2.42. The van der Waals surface area contributed by atoms with Gasteiger partial charge >= 0.3 is 0 Å². The van der Waals surface area contributed by atoms with E-state index in [1.807, 2.05) is 0 Å². The number of hydrogen-bond acceptors (Lipinski definition) is 3. The average molecular weight is 200 g/mol. The lowest BCUT2D eigenvalue weighted by atomic mass is 9.85. The minimum absolute atomic E-state index is 0.0519. The molecule has 2 saturated heterocycles. The van der Waals surface area contributed by atoms with Crippen LogP contribution in [0.25, 0.3) is 0 Å². The van der Waals surface area contributed by atoms with Gasteiger partial charge in [0.15, 0.2) is 0 Å². The van der Waals surface area contributed by atoms with E-state index in [9.17, 15) is 0 Å². The van der Waals surface area contributed by atoms with E-state index in [-0.39, 0.29) is 18.3 Å². The Hall–Kier alpha value is -0.120. The van der Waals surface area contributed by atoms with E-state index >= 15 is 0 Å². The molecule has 0 bridgehead atoms. The van der Waals surface area contributed by atoms with Crippen molar-refractivity contribution in [3.63, 3.8) is 0 Å². The van der Waals surface area contributed by atoms with Crippen LogP contribution in [0.15, 0.2) is 0 Å². The number of hydrogen-bond donors (Lipinski definition) is 1. The smallest absolute Gasteiger partial charge is 0.0970 e. The van der Waals surface area contributed by atoms with Crippen LogP contribution < -0.4 is 0 Å². The zero-order valence-electron chi connectivity index (χ0n) is 8.87. The predicted octanol–water partition coefficient (Wildman–Crippen LogP) is 1.34. The van der Waals surface area contributed by atoms with Crippen LogP contribution in [-0.4, -0.2) is 36.6 Å². The maximum absolute atomic E-state index is 9.06. The largest absolute Gasteiger partial charge is 0.394 e. The van der Waals surface area contributed by atoms with Crippen molar-refractivity contribution in [2.24, 2.45) is 5.92 Å². The van der Waals surface area contributed by atoms with Gasteiger partial charge in [0.25, 0.3) is 0 Å². The van der Waals surface area contributed by atoms with Gasteiger partial charge in [-0.15, -0.1) is 0 Å². The Balaban J connectivity index is 2.00. The third-order valence-electron chi connectivity index (χ3n) is 3.54. The second-order valence-corrected chi connectivity index (χ2v) is 4.53. The van der Waals surface area contributed by atoms with Gasteiger partial charge in [0, 0.05) is 5.92 Å². The molecular weight excluding hydrogens is 180 g/mol. The summed E-state index contributed by atoms with van der Waals surface area (Å²) in [6.45, 7) is 3.92. The van der Waals surface area contributed by atoms with Crippen molar-refractivity contribution in [1.82, 2.24) is 0 Å². The maximum Gasteiger partial charge on any atom is 0.0970 e. The van der Waals surface area contributed by atoms with Crippen molar-refractivity contribution in [3.8, 4) is 0 Å². The molecule has 0 aliphatic carbocycles. The SMILES string of the molecule is CCCC1COCC12CCC(CO)O2. The van der Waals surface area contributed by atoms with E-state index in [0.717, 1.165) is 26.1 Å². The molecule has 1 spiro atoms. The molecule has 1 N–H and O–H groups in total. The summed E-state index contributed by atoms with van der Waals surface area (Å²) in [5, 5.41) is 9.06. The summed E-state index contributed by atoms with van der Waals surface area (Å²) >= 11 is 0. The highest BCUT2D eigenvalue weighted by molar-refractivity contribution is 4.97. The third-order valence-corrected chi connectivity index (χ3v) is 3.54. The first kappa shape index (κ1) is 10.4. The molecule has 0 aromatic rings. The van der Waals surface area contributed by atoms with Gasteiger partial charge in [0.2, 0.25) is 0 Å². The lowest BCUT2D eigenvalue weighted by Crippen LogP contribution is -2.37. The Morgan fingerprint density at radius 2 is 2.36 bits per heavy atom. The summed E-state index contributed by atoms with van der Waals surface area (Å²) in [7, 11) is 0. The molecule has 0 amide bonds. The summed E-state index contributed by atoms with van der Waals surface area (Å²) in [5.74, 6) is 0.545. The van der Waals surface area contributed by atoms with E-state index in [0.29, 0.717) is 5.92 Å². The quantitative estimate of drug-likeness (QED) is 0.747.